The predicted molar refractivity (Wildman–Crippen MR) is 94.7 cm³/mol. The van der Waals surface area contributed by atoms with Gasteiger partial charge in [-0.15, -0.1) is 0 Å². The lowest BCUT2D eigenvalue weighted by atomic mass is 10.0. The van der Waals surface area contributed by atoms with Crippen molar-refractivity contribution in [1.82, 2.24) is 9.80 Å². The van der Waals surface area contributed by atoms with E-state index < -0.39 is 5.92 Å². The molecule has 23 heavy (non-hydrogen) atoms. The molecule has 0 spiro atoms. The van der Waals surface area contributed by atoms with Crippen LogP contribution in [0.2, 0.25) is 0 Å². The van der Waals surface area contributed by atoms with Gasteiger partial charge in [-0.1, -0.05) is 18.2 Å². The summed E-state index contributed by atoms with van der Waals surface area (Å²) in [7, 11) is 5.46. The third-order valence-electron chi connectivity index (χ3n) is 3.51. The highest BCUT2D eigenvalue weighted by Crippen LogP contribution is 2.23. The molecule has 0 aromatic heterocycles. The topological polar surface area (TPSA) is 56.2 Å². The molecule has 1 aromatic rings. The van der Waals surface area contributed by atoms with Crippen molar-refractivity contribution in [1.29, 1.82) is 0 Å². The summed E-state index contributed by atoms with van der Waals surface area (Å²) in [5.41, 5.74) is 0.647. The molecule has 6 nitrogen and oxygen atoms in total. The molecule has 0 bridgehead atoms. The Bertz CT molecular complexity index is 630. The van der Waals surface area contributed by atoms with Crippen LogP contribution in [0.25, 0.3) is 0 Å². The van der Waals surface area contributed by atoms with Gasteiger partial charge in [-0.3, -0.25) is 24.4 Å². The van der Waals surface area contributed by atoms with Crippen molar-refractivity contribution in [2.45, 2.75) is 0 Å². The molecule has 122 valence electrons. The molecular weight excluding hydrogens is 312 g/mol. The Labute approximate surface area is 141 Å². The number of hydrogen-bond donors (Lipinski definition) is 0. The number of nitrogens with zero attached hydrogens (tertiary/aromatic N) is 4. The Hall–Kier alpha value is -2.12. The van der Waals surface area contributed by atoms with Crippen LogP contribution in [0.5, 0.6) is 0 Å². The average molecular weight is 332 g/mol. The number of hydrogen-bond acceptors (Lipinski definition) is 5. The maximum absolute atomic E-state index is 12.7. The van der Waals surface area contributed by atoms with Crippen molar-refractivity contribution in [3.63, 3.8) is 0 Å². The molecular formula is C16H20N4O2S. The highest BCUT2D eigenvalue weighted by molar-refractivity contribution is 7.80. The second-order valence-electron chi connectivity index (χ2n) is 5.53. The lowest BCUT2D eigenvalue weighted by molar-refractivity contribution is -0.135. The number of likely N-dealkylation sites (N-methyl/N-ethyl adjacent to an activating group) is 1. The molecule has 1 fully saturated rings. The largest absolute Gasteiger partial charge is 0.308 e. The van der Waals surface area contributed by atoms with Gasteiger partial charge in [0.15, 0.2) is 11.0 Å². The van der Waals surface area contributed by atoms with Crippen LogP contribution in [0.1, 0.15) is 0 Å². The Balaban J connectivity index is 2.24. The predicted octanol–water partition coefficient (Wildman–Crippen LogP) is 1.03. The quantitative estimate of drug-likeness (QED) is 0.459. The summed E-state index contributed by atoms with van der Waals surface area (Å²) in [6.45, 7) is 1.28. The minimum absolute atomic E-state index is 0.184. The molecule has 7 heteroatoms. The molecule has 0 N–H and O–H groups in total. The zero-order valence-corrected chi connectivity index (χ0v) is 14.3. The molecule has 1 aliphatic heterocycles. The fourth-order valence-corrected chi connectivity index (χ4v) is 2.46. The number of anilines is 1. The highest BCUT2D eigenvalue weighted by Gasteiger charge is 2.41. The minimum Gasteiger partial charge on any atom is -0.308 e. The van der Waals surface area contributed by atoms with Gasteiger partial charge in [0.1, 0.15) is 0 Å². The van der Waals surface area contributed by atoms with E-state index in [1.807, 2.05) is 37.2 Å². The zero-order chi connectivity index (χ0) is 17.0. The van der Waals surface area contributed by atoms with E-state index in [1.165, 1.54) is 16.0 Å². The Morgan fingerprint density at radius 3 is 2.48 bits per heavy atom. The number of para-hydroxylation sites is 1. The first kappa shape index (κ1) is 17.2. The summed E-state index contributed by atoms with van der Waals surface area (Å²) in [6.07, 6.45) is 1.43. The van der Waals surface area contributed by atoms with E-state index >= 15 is 0 Å². The maximum Gasteiger partial charge on any atom is 0.251 e. The number of thiocarbonyl (C=S) groups is 1. The van der Waals surface area contributed by atoms with Gasteiger partial charge < -0.3 is 4.90 Å². The summed E-state index contributed by atoms with van der Waals surface area (Å²) < 4.78 is 0. The molecule has 1 saturated heterocycles. The molecule has 0 saturated carbocycles. The van der Waals surface area contributed by atoms with Crippen molar-refractivity contribution in [3.05, 3.63) is 30.3 Å². The fraction of sp³-hybridized carbons (Fsp3) is 0.375. The van der Waals surface area contributed by atoms with Crippen molar-refractivity contribution >= 4 is 41.0 Å². The third-order valence-corrected chi connectivity index (χ3v) is 3.96. The first-order valence-electron chi connectivity index (χ1n) is 7.28. The molecule has 2 amide bonds. The van der Waals surface area contributed by atoms with Crippen LogP contribution in [0.15, 0.2) is 35.3 Å². The molecule has 1 atom stereocenters. The fourth-order valence-electron chi connectivity index (χ4n) is 2.17. The SMILES string of the molecule is CN(C)CCN=C[C@@H]1C(=O)N(C)C(=S)N(c2ccccc2)C1=O. The number of rotatable bonds is 5. The van der Waals surface area contributed by atoms with Crippen molar-refractivity contribution in [3.8, 4) is 0 Å². The van der Waals surface area contributed by atoms with E-state index in [2.05, 4.69) is 4.99 Å². The standard InChI is InChI=1S/C16H20N4O2S/c1-18(2)10-9-17-11-13-14(21)19(3)16(23)20(15(13)22)12-7-5-4-6-8-12/h4-8,11,13H,9-10H2,1-3H3/t13-/m1/s1. The Morgan fingerprint density at radius 2 is 1.87 bits per heavy atom. The van der Waals surface area contributed by atoms with Gasteiger partial charge in [0.25, 0.3) is 5.91 Å². The normalized spacial score (nSPS) is 19.3. The first-order chi connectivity index (χ1) is 10.9. The maximum atomic E-state index is 12.7. The van der Waals surface area contributed by atoms with E-state index in [0.29, 0.717) is 12.2 Å². The van der Waals surface area contributed by atoms with Gasteiger partial charge in [0.05, 0.1) is 12.2 Å². The lowest BCUT2D eigenvalue weighted by Crippen LogP contribution is -2.59. The molecule has 1 aromatic carbocycles. The van der Waals surface area contributed by atoms with E-state index in [0.717, 1.165) is 6.54 Å². The first-order valence-corrected chi connectivity index (χ1v) is 7.69. The van der Waals surface area contributed by atoms with Crippen LogP contribution >= 0.6 is 12.2 Å². The minimum atomic E-state index is -0.936. The van der Waals surface area contributed by atoms with Crippen LogP contribution in [-0.2, 0) is 9.59 Å². The third kappa shape index (κ3) is 3.80. The summed E-state index contributed by atoms with van der Waals surface area (Å²) in [5.74, 6) is -1.65. The monoisotopic (exact) mass is 332 g/mol. The lowest BCUT2D eigenvalue weighted by Gasteiger charge is -2.36. The Morgan fingerprint density at radius 1 is 1.22 bits per heavy atom. The number of aliphatic imine (C=N–C) groups is 1. The zero-order valence-electron chi connectivity index (χ0n) is 13.5. The molecule has 0 aliphatic carbocycles. The highest BCUT2D eigenvalue weighted by atomic mass is 32.1. The second kappa shape index (κ2) is 7.43. The van der Waals surface area contributed by atoms with Crippen LogP contribution in [-0.4, -0.2) is 67.2 Å². The Kier molecular flexibility index (Phi) is 5.57. The molecule has 0 unspecified atom stereocenters. The van der Waals surface area contributed by atoms with Gasteiger partial charge in [-0.2, -0.15) is 0 Å². The molecule has 2 rings (SSSR count). The number of carbonyl (C=O) groups excluding carboxylic acids is 2. The summed E-state index contributed by atoms with van der Waals surface area (Å²) in [5, 5.41) is 0.184. The van der Waals surface area contributed by atoms with E-state index in [1.54, 1.807) is 19.2 Å². The van der Waals surface area contributed by atoms with E-state index in [9.17, 15) is 9.59 Å². The van der Waals surface area contributed by atoms with E-state index in [-0.39, 0.29) is 16.9 Å². The van der Waals surface area contributed by atoms with Crippen molar-refractivity contribution in [2.24, 2.45) is 10.9 Å². The van der Waals surface area contributed by atoms with Crippen LogP contribution in [0.4, 0.5) is 5.69 Å². The van der Waals surface area contributed by atoms with Gasteiger partial charge in [0, 0.05) is 19.8 Å². The molecule has 0 radical (unpaired) electrons. The average Bonchev–Trinajstić information content (AvgIpc) is 2.53. The van der Waals surface area contributed by atoms with E-state index in [4.69, 9.17) is 12.2 Å². The molecule has 1 aliphatic rings. The summed E-state index contributed by atoms with van der Waals surface area (Å²) in [6, 6.07) is 9.07. The van der Waals surface area contributed by atoms with Crippen LogP contribution in [0.3, 0.4) is 0 Å². The van der Waals surface area contributed by atoms with Gasteiger partial charge in [-0.05, 0) is 38.4 Å². The second-order valence-corrected chi connectivity index (χ2v) is 5.89. The van der Waals surface area contributed by atoms with Crippen LogP contribution < -0.4 is 4.90 Å². The van der Waals surface area contributed by atoms with Crippen molar-refractivity contribution in [2.75, 3.05) is 39.1 Å². The number of amides is 2. The number of benzene rings is 1. The van der Waals surface area contributed by atoms with Gasteiger partial charge in [0.2, 0.25) is 5.91 Å². The van der Waals surface area contributed by atoms with Crippen molar-refractivity contribution < 1.29 is 9.59 Å². The van der Waals surface area contributed by atoms with Gasteiger partial charge in [-0.25, -0.2) is 0 Å². The smallest absolute Gasteiger partial charge is 0.251 e. The number of carbonyl (C=O) groups is 2. The van der Waals surface area contributed by atoms with Gasteiger partial charge >= 0.3 is 0 Å². The summed E-state index contributed by atoms with van der Waals surface area (Å²) >= 11 is 5.27. The summed E-state index contributed by atoms with van der Waals surface area (Å²) in [4.78, 5) is 34.0. The van der Waals surface area contributed by atoms with Crippen LogP contribution in [0, 0.1) is 5.92 Å². The molecule has 1 heterocycles.